The average molecular weight is 344 g/mol. The number of carboxylic acids is 1. The van der Waals surface area contributed by atoms with Crippen molar-refractivity contribution in [3.8, 4) is 5.75 Å². The normalized spacial score (nSPS) is 11.8. The first-order valence-electron chi connectivity index (χ1n) is 7.44. The molecule has 6 nitrogen and oxygen atoms in total. The van der Waals surface area contributed by atoms with Crippen LogP contribution in [-0.2, 0) is 9.53 Å². The van der Waals surface area contributed by atoms with E-state index < -0.39 is 17.9 Å². The molecule has 1 rings (SSSR count). The summed E-state index contributed by atoms with van der Waals surface area (Å²) >= 11 is 5.93. The van der Waals surface area contributed by atoms with Crippen molar-refractivity contribution >= 4 is 23.5 Å². The number of rotatable bonds is 10. The molecule has 1 unspecified atom stereocenters. The highest BCUT2D eigenvalue weighted by Gasteiger charge is 2.22. The highest BCUT2D eigenvalue weighted by atomic mass is 35.5. The second kappa shape index (κ2) is 10.1. The largest absolute Gasteiger partial charge is 0.490 e. The van der Waals surface area contributed by atoms with Crippen molar-refractivity contribution in [2.24, 2.45) is 0 Å². The fourth-order valence-corrected chi connectivity index (χ4v) is 2.11. The molecule has 0 aliphatic carbocycles. The molecule has 7 heteroatoms. The molecule has 0 fully saturated rings. The standard InChI is InChI=1S/C16H22ClNO5/c1-3-4-5-13(16(20)21)18-15(19)12-10-11(17)6-7-14(12)23-9-8-22-2/h6-7,10,13H,3-5,8-9H2,1-2H3,(H,18,19)(H,20,21). The first kappa shape index (κ1) is 19.3. The molecule has 2 N–H and O–H groups in total. The summed E-state index contributed by atoms with van der Waals surface area (Å²) in [6, 6.07) is 3.70. The lowest BCUT2D eigenvalue weighted by Gasteiger charge is -2.16. The van der Waals surface area contributed by atoms with Crippen LogP contribution in [0, 0.1) is 0 Å². The smallest absolute Gasteiger partial charge is 0.326 e. The third-order valence-corrected chi connectivity index (χ3v) is 3.42. The van der Waals surface area contributed by atoms with Gasteiger partial charge in [0.2, 0.25) is 0 Å². The van der Waals surface area contributed by atoms with Gasteiger partial charge in [0.1, 0.15) is 18.4 Å². The lowest BCUT2D eigenvalue weighted by molar-refractivity contribution is -0.139. The molecule has 0 heterocycles. The average Bonchev–Trinajstić information content (AvgIpc) is 2.52. The van der Waals surface area contributed by atoms with Crippen LogP contribution in [0.5, 0.6) is 5.75 Å². The number of hydrogen-bond acceptors (Lipinski definition) is 4. The summed E-state index contributed by atoms with van der Waals surface area (Å²) in [4.78, 5) is 23.6. The zero-order valence-electron chi connectivity index (χ0n) is 13.3. The van der Waals surface area contributed by atoms with Gasteiger partial charge in [-0.3, -0.25) is 4.79 Å². The van der Waals surface area contributed by atoms with E-state index in [4.69, 9.17) is 21.1 Å². The summed E-state index contributed by atoms with van der Waals surface area (Å²) in [5.41, 5.74) is 0.205. The Morgan fingerprint density at radius 1 is 1.35 bits per heavy atom. The lowest BCUT2D eigenvalue weighted by atomic mass is 10.1. The van der Waals surface area contributed by atoms with E-state index in [-0.39, 0.29) is 12.2 Å². The van der Waals surface area contributed by atoms with Crippen LogP contribution in [0.15, 0.2) is 18.2 Å². The first-order valence-corrected chi connectivity index (χ1v) is 7.82. The lowest BCUT2D eigenvalue weighted by Crippen LogP contribution is -2.40. The molecule has 0 bridgehead atoms. The first-order chi connectivity index (χ1) is 11.0. The molecule has 0 radical (unpaired) electrons. The van der Waals surface area contributed by atoms with Gasteiger partial charge in [0.15, 0.2) is 0 Å². The Balaban J connectivity index is 2.87. The molecule has 0 aromatic heterocycles. The molecular formula is C16H22ClNO5. The maximum absolute atomic E-state index is 12.4. The predicted molar refractivity (Wildman–Crippen MR) is 87.2 cm³/mol. The minimum Gasteiger partial charge on any atom is -0.490 e. The molecule has 128 valence electrons. The summed E-state index contributed by atoms with van der Waals surface area (Å²) in [7, 11) is 1.55. The maximum Gasteiger partial charge on any atom is 0.326 e. The van der Waals surface area contributed by atoms with E-state index >= 15 is 0 Å². The van der Waals surface area contributed by atoms with Crippen LogP contribution in [0.25, 0.3) is 0 Å². The highest BCUT2D eigenvalue weighted by Crippen LogP contribution is 2.23. The number of ether oxygens (including phenoxy) is 2. The van der Waals surface area contributed by atoms with Gasteiger partial charge in [0.05, 0.1) is 12.2 Å². The van der Waals surface area contributed by atoms with Crippen molar-refractivity contribution in [1.82, 2.24) is 5.32 Å². The second-order valence-electron chi connectivity index (χ2n) is 4.99. The Morgan fingerprint density at radius 3 is 2.70 bits per heavy atom. The Labute approximate surface area is 140 Å². The van der Waals surface area contributed by atoms with Crippen LogP contribution in [0.1, 0.15) is 36.5 Å². The Hall–Kier alpha value is -1.79. The van der Waals surface area contributed by atoms with Gasteiger partial charge >= 0.3 is 5.97 Å². The Bertz CT molecular complexity index is 535. The van der Waals surface area contributed by atoms with Gasteiger partial charge in [-0.1, -0.05) is 31.4 Å². The van der Waals surface area contributed by atoms with Gasteiger partial charge in [-0.15, -0.1) is 0 Å². The zero-order valence-corrected chi connectivity index (χ0v) is 14.1. The quantitative estimate of drug-likeness (QED) is 0.638. The molecule has 1 amide bonds. The number of benzene rings is 1. The van der Waals surface area contributed by atoms with Crippen molar-refractivity contribution < 1.29 is 24.2 Å². The van der Waals surface area contributed by atoms with E-state index in [0.717, 1.165) is 6.42 Å². The molecule has 23 heavy (non-hydrogen) atoms. The molecule has 1 aromatic carbocycles. The topological polar surface area (TPSA) is 84.9 Å². The van der Waals surface area contributed by atoms with Crippen molar-refractivity contribution in [3.63, 3.8) is 0 Å². The Morgan fingerprint density at radius 2 is 2.09 bits per heavy atom. The zero-order chi connectivity index (χ0) is 17.2. The highest BCUT2D eigenvalue weighted by molar-refractivity contribution is 6.31. The number of hydrogen-bond donors (Lipinski definition) is 2. The van der Waals surface area contributed by atoms with Gasteiger partial charge < -0.3 is 19.9 Å². The number of carbonyl (C=O) groups is 2. The molecule has 0 saturated heterocycles. The van der Waals surface area contributed by atoms with Crippen LogP contribution in [-0.4, -0.2) is 43.3 Å². The van der Waals surface area contributed by atoms with Crippen LogP contribution in [0.2, 0.25) is 5.02 Å². The van der Waals surface area contributed by atoms with Crippen LogP contribution in [0.3, 0.4) is 0 Å². The van der Waals surface area contributed by atoms with Crippen molar-refractivity contribution in [2.75, 3.05) is 20.3 Å². The fourth-order valence-electron chi connectivity index (χ4n) is 1.94. The van der Waals surface area contributed by atoms with Gasteiger partial charge in [-0.25, -0.2) is 4.79 Å². The number of aliphatic carboxylic acids is 1. The van der Waals surface area contributed by atoms with E-state index in [1.165, 1.54) is 6.07 Å². The number of carboxylic acid groups (broad SMARTS) is 1. The van der Waals surface area contributed by atoms with E-state index in [2.05, 4.69) is 5.32 Å². The number of carbonyl (C=O) groups excluding carboxylic acids is 1. The predicted octanol–water partition coefficient (Wildman–Crippen LogP) is 2.74. The third kappa shape index (κ3) is 6.46. The van der Waals surface area contributed by atoms with Crippen molar-refractivity contribution in [2.45, 2.75) is 32.2 Å². The molecule has 1 atom stereocenters. The van der Waals surface area contributed by atoms with Crippen molar-refractivity contribution in [1.29, 1.82) is 0 Å². The van der Waals surface area contributed by atoms with Crippen LogP contribution >= 0.6 is 11.6 Å². The van der Waals surface area contributed by atoms with Crippen LogP contribution < -0.4 is 10.1 Å². The van der Waals surface area contributed by atoms with Gasteiger partial charge in [0.25, 0.3) is 5.91 Å². The maximum atomic E-state index is 12.4. The summed E-state index contributed by atoms with van der Waals surface area (Å²) in [6.07, 6.45) is 1.93. The fraction of sp³-hybridized carbons (Fsp3) is 0.500. The molecule has 0 saturated carbocycles. The van der Waals surface area contributed by atoms with Gasteiger partial charge in [-0.2, -0.15) is 0 Å². The third-order valence-electron chi connectivity index (χ3n) is 3.18. The van der Waals surface area contributed by atoms with Crippen LogP contribution in [0.4, 0.5) is 0 Å². The summed E-state index contributed by atoms with van der Waals surface area (Å²) in [5, 5.41) is 12.1. The van der Waals surface area contributed by atoms with E-state index in [0.29, 0.717) is 30.2 Å². The number of unbranched alkanes of at least 4 members (excludes halogenated alkanes) is 1. The van der Waals surface area contributed by atoms with Gasteiger partial charge in [0, 0.05) is 12.1 Å². The van der Waals surface area contributed by atoms with E-state index in [9.17, 15) is 14.7 Å². The minimum atomic E-state index is -1.06. The van der Waals surface area contributed by atoms with E-state index in [1.807, 2.05) is 6.92 Å². The number of halogens is 1. The number of methoxy groups -OCH3 is 1. The van der Waals surface area contributed by atoms with Gasteiger partial charge in [-0.05, 0) is 24.6 Å². The summed E-state index contributed by atoms with van der Waals surface area (Å²) in [5.74, 6) is -1.25. The Kier molecular flexibility index (Phi) is 8.43. The molecule has 0 aliphatic heterocycles. The minimum absolute atomic E-state index is 0.205. The van der Waals surface area contributed by atoms with E-state index in [1.54, 1.807) is 19.2 Å². The summed E-state index contributed by atoms with van der Waals surface area (Å²) < 4.78 is 10.4. The monoisotopic (exact) mass is 343 g/mol. The SMILES string of the molecule is CCCCC(NC(=O)c1cc(Cl)ccc1OCCOC)C(=O)O. The summed E-state index contributed by atoms with van der Waals surface area (Å²) in [6.45, 7) is 2.61. The number of amides is 1. The molecule has 1 aromatic rings. The molecule has 0 spiro atoms. The second-order valence-corrected chi connectivity index (χ2v) is 5.42. The molecular weight excluding hydrogens is 322 g/mol. The molecule has 0 aliphatic rings. The number of nitrogens with one attached hydrogen (secondary N) is 1. The van der Waals surface area contributed by atoms with Crippen molar-refractivity contribution in [3.05, 3.63) is 28.8 Å².